The standard InChI is InChI=1S/C46H58F2N4O9S/c1-46(2,3)44(40-26-33(38-27-35(47)12-13-39(38)48)29-50(40)28-32-9-5-4-6-10-32)52(19-8-18-49)43(57)31-62-30-34(45(58)59)25-37(54)17-22-61-24-23-60-21-7-11-36(53)16-20-51-41(55)14-15-42(51)56/h4-6,9-10,12-15,26-27,29,34,44H,7-8,11,16-25,28,30-31,49H2,1-3H3,(H,58,59)/t34-,44-/m0/s1. The van der Waals surface area contributed by atoms with Gasteiger partial charge in [-0.1, -0.05) is 51.1 Å². The first-order chi connectivity index (χ1) is 29.6. The first-order valence-electron chi connectivity index (χ1n) is 20.8. The molecule has 0 bridgehead atoms. The summed E-state index contributed by atoms with van der Waals surface area (Å²) in [6.45, 7) is 7.87. The second-order valence-corrected chi connectivity index (χ2v) is 17.2. The van der Waals surface area contributed by atoms with Crippen molar-refractivity contribution in [3.8, 4) is 11.1 Å². The van der Waals surface area contributed by atoms with Crippen molar-refractivity contribution in [3.63, 3.8) is 0 Å². The smallest absolute Gasteiger partial charge is 0.307 e. The van der Waals surface area contributed by atoms with Crippen molar-refractivity contribution < 1.29 is 52.1 Å². The Labute approximate surface area is 366 Å². The van der Waals surface area contributed by atoms with Crippen LogP contribution in [-0.4, -0.2) is 112 Å². The number of imide groups is 1. The number of halogens is 2. The van der Waals surface area contributed by atoms with Crippen LogP contribution in [0, 0.1) is 23.0 Å². The number of carbonyl (C=O) groups excluding carboxylic acids is 5. The zero-order valence-electron chi connectivity index (χ0n) is 35.7. The maximum atomic E-state index is 15.1. The minimum absolute atomic E-state index is 0.00366. The summed E-state index contributed by atoms with van der Waals surface area (Å²) in [6.07, 6.45) is 5.18. The number of ether oxygens (including phenoxy) is 2. The quantitative estimate of drug-likeness (QED) is 0.0625. The molecule has 3 N–H and O–H groups in total. The van der Waals surface area contributed by atoms with Crippen molar-refractivity contribution in [1.29, 1.82) is 0 Å². The van der Waals surface area contributed by atoms with Gasteiger partial charge in [-0.05, 0) is 54.6 Å². The average molecular weight is 881 g/mol. The van der Waals surface area contributed by atoms with Gasteiger partial charge in [0.1, 0.15) is 23.2 Å². The topological polar surface area (TPSA) is 179 Å². The molecular formula is C46H58F2N4O9S. The molecule has 3 aromatic rings. The van der Waals surface area contributed by atoms with E-state index in [1.165, 1.54) is 12.2 Å². The lowest BCUT2D eigenvalue weighted by atomic mass is 9.83. The van der Waals surface area contributed by atoms with Crippen molar-refractivity contribution in [1.82, 2.24) is 14.4 Å². The molecule has 2 heterocycles. The zero-order chi connectivity index (χ0) is 45.2. The normalized spacial score (nSPS) is 13.7. The lowest BCUT2D eigenvalue weighted by molar-refractivity contribution is -0.143. The summed E-state index contributed by atoms with van der Waals surface area (Å²) >= 11 is 1.13. The van der Waals surface area contributed by atoms with E-state index in [2.05, 4.69) is 0 Å². The van der Waals surface area contributed by atoms with Crippen LogP contribution in [0.4, 0.5) is 8.78 Å². The van der Waals surface area contributed by atoms with E-state index < -0.39 is 46.8 Å². The predicted octanol–water partition coefficient (Wildman–Crippen LogP) is 6.23. The number of carbonyl (C=O) groups is 6. The Balaban J connectivity index is 1.29. The number of aliphatic carboxylic acids is 1. The Morgan fingerprint density at radius 1 is 0.871 bits per heavy atom. The molecule has 2 aromatic carbocycles. The largest absolute Gasteiger partial charge is 0.481 e. The van der Waals surface area contributed by atoms with Crippen LogP contribution in [-0.2, 0) is 44.8 Å². The van der Waals surface area contributed by atoms with E-state index in [-0.39, 0.29) is 86.6 Å². The van der Waals surface area contributed by atoms with E-state index >= 15 is 4.39 Å². The van der Waals surface area contributed by atoms with E-state index in [4.69, 9.17) is 15.2 Å². The lowest BCUT2D eigenvalue weighted by Gasteiger charge is -2.41. The third-order valence-electron chi connectivity index (χ3n) is 10.2. The Morgan fingerprint density at radius 2 is 1.56 bits per heavy atom. The minimum Gasteiger partial charge on any atom is -0.481 e. The molecule has 0 aliphatic carbocycles. The van der Waals surface area contributed by atoms with Crippen LogP contribution < -0.4 is 5.73 Å². The van der Waals surface area contributed by atoms with Gasteiger partial charge in [0.2, 0.25) is 5.91 Å². The van der Waals surface area contributed by atoms with E-state index in [0.29, 0.717) is 50.3 Å². The molecule has 62 heavy (non-hydrogen) atoms. The highest BCUT2D eigenvalue weighted by Gasteiger charge is 2.37. The number of aromatic nitrogens is 1. The molecule has 1 aromatic heterocycles. The van der Waals surface area contributed by atoms with Gasteiger partial charge in [-0.2, -0.15) is 11.8 Å². The van der Waals surface area contributed by atoms with Crippen molar-refractivity contribution in [2.24, 2.45) is 17.1 Å². The lowest BCUT2D eigenvalue weighted by Crippen LogP contribution is -2.44. The van der Waals surface area contributed by atoms with Gasteiger partial charge in [0.05, 0.1) is 37.5 Å². The first kappa shape index (κ1) is 49.6. The van der Waals surface area contributed by atoms with Gasteiger partial charge in [0.25, 0.3) is 11.8 Å². The van der Waals surface area contributed by atoms with Crippen LogP contribution in [0.2, 0.25) is 0 Å². The molecular weight excluding hydrogens is 823 g/mol. The number of ketones is 2. The van der Waals surface area contributed by atoms with Gasteiger partial charge in [-0.3, -0.25) is 33.7 Å². The van der Waals surface area contributed by atoms with Gasteiger partial charge < -0.3 is 29.8 Å². The predicted molar refractivity (Wildman–Crippen MR) is 232 cm³/mol. The van der Waals surface area contributed by atoms with Crippen LogP contribution in [0.25, 0.3) is 11.1 Å². The number of carboxylic acids is 1. The van der Waals surface area contributed by atoms with Gasteiger partial charge in [0, 0.05) is 92.8 Å². The number of Topliss-reactive ketones (excluding diaryl/α,β-unsaturated/α-hetero) is 2. The fourth-order valence-electron chi connectivity index (χ4n) is 7.13. The SMILES string of the molecule is CC(C)(C)[C@H](c1cc(-c2cc(F)ccc2F)cn1Cc1ccccc1)N(CCCN)C(=O)CSC[C@H](CC(=O)CCOCCOCCCC(=O)CCN1C(=O)C=CC1=O)C(=O)O. The van der Waals surface area contributed by atoms with Crippen LogP contribution in [0.15, 0.2) is 72.9 Å². The van der Waals surface area contributed by atoms with Crippen LogP contribution in [0.5, 0.6) is 0 Å². The molecule has 13 nitrogen and oxygen atoms in total. The number of rotatable bonds is 28. The molecule has 0 saturated heterocycles. The summed E-state index contributed by atoms with van der Waals surface area (Å²) in [6, 6.07) is 14.2. The molecule has 336 valence electrons. The molecule has 1 aliphatic heterocycles. The summed E-state index contributed by atoms with van der Waals surface area (Å²) in [5.74, 6) is -4.85. The third-order valence-corrected chi connectivity index (χ3v) is 11.3. The second kappa shape index (κ2) is 24.6. The van der Waals surface area contributed by atoms with Crippen LogP contribution in [0.3, 0.4) is 0 Å². The summed E-state index contributed by atoms with van der Waals surface area (Å²) in [5, 5.41) is 9.96. The van der Waals surface area contributed by atoms with Crippen molar-refractivity contribution >= 4 is 47.0 Å². The van der Waals surface area contributed by atoms with Gasteiger partial charge in [-0.15, -0.1) is 0 Å². The molecule has 4 rings (SSSR count). The Bertz CT molecular complexity index is 2020. The van der Waals surface area contributed by atoms with Crippen LogP contribution in [0.1, 0.15) is 76.6 Å². The molecule has 0 saturated carbocycles. The maximum Gasteiger partial charge on any atom is 0.307 e. The number of thioether (sulfide) groups is 1. The van der Waals surface area contributed by atoms with E-state index in [0.717, 1.165) is 40.4 Å². The van der Waals surface area contributed by atoms with E-state index in [1.807, 2.05) is 55.7 Å². The van der Waals surface area contributed by atoms with Crippen LogP contribution >= 0.6 is 11.8 Å². The Kier molecular flexibility index (Phi) is 19.7. The highest BCUT2D eigenvalue weighted by Crippen LogP contribution is 2.41. The first-order valence-corrected chi connectivity index (χ1v) is 22.0. The molecule has 3 amide bonds. The average Bonchev–Trinajstić information content (AvgIpc) is 3.78. The number of nitrogens with zero attached hydrogens (tertiary/aromatic N) is 3. The summed E-state index contributed by atoms with van der Waals surface area (Å²) < 4.78 is 42.4. The fourth-order valence-corrected chi connectivity index (χ4v) is 8.13. The highest BCUT2D eigenvalue weighted by atomic mass is 32.2. The number of nitrogens with two attached hydrogens (primary N) is 1. The van der Waals surface area contributed by atoms with Gasteiger partial charge in [0.15, 0.2) is 0 Å². The van der Waals surface area contributed by atoms with Gasteiger partial charge in [-0.25, -0.2) is 8.78 Å². The maximum absolute atomic E-state index is 15.1. The fraction of sp³-hybridized carbons (Fsp3) is 0.478. The molecule has 2 atom stereocenters. The molecule has 0 spiro atoms. The van der Waals surface area contributed by atoms with Crippen molar-refractivity contribution in [2.45, 2.75) is 71.9 Å². The monoisotopic (exact) mass is 880 g/mol. The van der Waals surface area contributed by atoms with Gasteiger partial charge >= 0.3 is 5.97 Å². The molecule has 0 radical (unpaired) electrons. The van der Waals surface area contributed by atoms with Crippen molar-refractivity contribution in [3.05, 3.63) is 95.8 Å². The number of hydrogen-bond acceptors (Lipinski definition) is 10. The number of carboxylic acid groups (broad SMARTS) is 1. The molecule has 16 heteroatoms. The Hall–Kier alpha value is -5.03. The summed E-state index contributed by atoms with van der Waals surface area (Å²) in [4.78, 5) is 77.2. The minimum atomic E-state index is -1.15. The van der Waals surface area contributed by atoms with E-state index in [9.17, 15) is 38.3 Å². The number of amides is 3. The molecule has 0 unspecified atom stereocenters. The van der Waals surface area contributed by atoms with E-state index in [1.54, 1.807) is 17.2 Å². The second-order valence-electron chi connectivity index (χ2n) is 16.2. The van der Waals surface area contributed by atoms with Crippen molar-refractivity contribution in [2.75, 3.05) is 57.6 Å². The Morgan fingerprint density at radius 3 is 2.23 bits per heavy atom. The highest BCUT2D eigenvalue weighted by molar-refractivity contribution is 7.99. The summed E-state index contributed by atoms with van der Waals surface area (Å²) in [7, 11) is 0. The number of benzene rings is 2. The zero-order valence-corrected chi connectivity index (χ0v) is 36.5. The molecule has 0 fully saturated rings. The number of hydrogen-bond donors (Lipinski definition) is 2. The summed E-state index contributed by atoms with van der Waals surface area (Å²) in [5.41, 5.74) is 7.62. The third kappa shape index (κ3) is 15.4. The molecule has 1 aliphatic rings.